The van der Waals surface area contributed by atoms with Gasteiger partial charge in [-0.05, 0) is 46.3 Å². The Morgan fingerprint density at radius 3 is 2.65 bits per heavy atom. The predicted molar refractivity (Wildman–Crippen MR) is 78.4 cm³/mol. The van der Waals surface area contributed by atoms with Crippen LogP contribution in [0.3, 0.4) is 0 Å². The molecule has 100 valence electrons. The minimum absolute atomic E-state index is 0.209. The molecule has 1 aromatic carbocycles. The summed E-state index contributed by atoms with van der Waals surface area (Å²) in [7, 11) is 1.72. The normalized spacial score (nSPS) is 9.65. The van der Waals surface area contributed by atoms with Crippen molar-refractivity contribution in [3.05, 3.63) is 46.1 Å². The fourth-order valence-electron chi connectivity index (χ4n) is 1.46. The summed E-state index contributed by atoms with van der Waals surface area (Å²) in [6.07, 6.45) is 0. The average molecular weight is 332 g/mol. The molecule has 0 aliphatic carbocycles. The second kappa shape index (κ2) is 6.12. The molecule has 2 N–H and O–H groups in total. The first-order chi connectivity index (χ1) is 9.63. The first-order valence-corrected chi connectivity index (χ1v) is 6.46. The van der Waals surface area contributed by atoms with Gasteiger partial charge in [0.05, 0.1) is 17.3 Å². The molecule has 0 saturated carbocycles. The predicted octanol–water partition coefficient (Wildman–Crippen LogP) is 2.40. The molecule has 2 rings (SSSR count). The first-order valence-electron chi connectivity index (χ1n) is 5.66. The number of rotatable bonds is 3. The minimum Gasteiger partial charge on any atom is -0.372 e. The fraction of sp³-hybridized carbons (Fsp3) is 0.0769. The number of anilines is 2. The molecule has 1 heterocycles. The van der Waals surface area contributed by atoms with E-state index in [1.165, 1.54) is 0 Å². The van der Waals surface area contributed by atoms with Gasteiger partial charge in [0.25, 0.3) is 5.91 Å². The molecule has 6 nitrogen and oxygen atoms in total. The zero-order valence-corrected chi connectivity index (χ0v) is 12.1. The molecule has 1 aromatic heterocycles. The van der Waals surface area contributed by atoms with Crippen LogP contribution in [-0.4, -0.2) is 23.2 Å². The van der Waals surface area contributed by atoms with Crippen LogP contribution < -0.4 is 10.6 Å². The Kier molecular flexibility index (Phi) is 4.27. The SMILES string of the molecule is CNc1ccc(C(=O)Nc2ccc(C#N)cc2Br)nn1. The molecule has 0 saturated heterocycles. The number of halogens is 1. The van der Waals surface area contributed by atoms with Crippen LogP contribution in [-0.2, 0) is 0 Å². The van der Waals surface area contributed by atoms with Gasteiger partial charge in [-0.15, -0.1) is 10.2 Å². The van der Waals surface area contributed by atoms with E-state index in [1.807, 2.05) is 6.07 Å². The molecule has 20 heavy (non-hydrogen) atoms. The maximum atomic E-state index is 12.0. The Labute approximate surface area is 124 Å². The summed E-state index contributed by atoms with van der Waals surface area (Å²) in [4.78, 5) is 12.0. The molecule has 0 aliphatic rings. The summed E-state index contributed by atoms with van der Waals surface area (Å²) in [6, 6.07) is 10.2. The van der Waals surface area contributed by atoms with E-state index in [1.54, 1.807) is 37.4 Å². The van der Waals surface area contributed by atoms with Crippen molar-refractivity contribution >= 4 is 33.3 Å². The van der Waals surface area contributed by atoms with Crippen LogP contribution >= 0.6 is 15.9 Å². The molecule has 0 radical (unpaired) electrons. The zero-order valence-electron chi connectivity index (χ0n) is 10.5. The zero-order chi connectivity index (χ0) is 14.5. The van der Waals surface area contributed by atoms with Crippen molar-refractivity contribution in [3.63, 3.8) is 0 Å². The molecule has 0 atom stereocenters. The van der Waals surface area contributed by atoms with Crippen molar-refractivity contribution in [1.82, 2.24) is 10.2 Å². The third-order valence-electron chi connectivity index (χ3n) is 2.50. The Balaban J connectivity index is 2.17. The highest BCUT2D eigenvalue weighted by atomic mass is 79.9. The summed E-state index contributed by atoms with van der Waals surface area (Å²) in [5.74, 6) is 0.215. The summed E-state index contributed by atoms with van der Waals surface area (Å²) >= 11 is 3.30. The van der Waals surface area contributed by atoms with E-state index in [-0.39, 0.29) is 11.6 Å². The van der Waals surface area contributed by atoms with Crippen molar-refractivity contribution in [2.45, 2.75) is 0 Å². The van der Waals surface area contributed by atoms with Crippen molar-refractivity contribution in [3.8, 4) is 6.07 Å². The second-order valence-corrected chi connectivity index (χ2v) is 4.67. The average Bonchev–Trinajstić information content (AvgIpc) is 2.49. The molecule has 0 fully saturated rings. The summed E-state index contributed by atoms with van der Waals surface area (Å²) in [6.45, 7) is 0. The van der Waals surface area contributed by atoms with Gasteiger partial charge in [0.1, 0.15) is 5.82 Å². The number of hydrogen-bond acceptors (Lipinski definition) is 5. The molecule has 0 unspecified atom stereocenters. The fourth-order valence-corrected chi connectivity index (χ4v) is 1.94. The standard InChI is InChI=1S/C13H10BrN5O/c1-16-12-5-4-11(18-19-12)13(20)17-10-3-2-8(7-15)6-9(10)14/h2-6H,1H3,(H,16,19)(H,17,20). The van der Waals surface area contributed by atoms with Crippen LogP contribution in [0.25, 0.3) is 0 Å². The van der Waals surface area contributed by atoms with E-state index in [4.69, 9.17) is 5.26 Å². The molecule has 1 amide bonds. The van der Waals surface area contributed by atoms with E-state index in [0.717, 1.165) is 0 Å². The second-order valence-electron chi connectivity index (χ2n) is 3.81. The molecule has 0 bridgehead atoms. The highest BCUT2D eigenvalue weighted by molar-refractivity contribution is 9.10. The minimum atomic E-state index is -0.370. The van der Waals surface area contributed by atoms with E-state index >= 15 is 0 Å². The quantitative estimate of drug-likeness (QED) is 0.901. The Hall–Kier alpha value is -2.46. The number of nitriles is 1. The summed E-state index contributed by atoms with van der Waals surface area (Å²) in [5, 5.41) is 21.9. The molecule has 7 heteroatoms. The van der Waals surface area contributed by atoms with Gasteiger partial charge in [0.15, 0.2) is 5.69 Å². The lowest BCUT2D eigenvalue weighted by Gasteiger charge is -2.07. The lowest BCUT2D eigenvalue weighted by atomic mass is 10.2. The van der Waals surface area contributed by atoms with Crippen LogP contribution in [0.2, 0.25) is 0 Å². The molecule has 0 aliphatic heterocycles. The maximum Gasteiger partial charge on any atom is 0.276 e. The molecule has 2 aromatic rings. The number of carbonyl (C=O) groups is 1. The molecular formula is C13H10BrN5O. The Morgan fingerprint density at radius 2 is 2.10 bits per heavy atom. The van der Waals surface area contributed by atoms with Gasteiger partial charge in [0.2, 0.25) is 0 Å². The van der Waals surface area contributed by atoms with E-state index in [2.05, 4.69) is 36.8 Å². The molecular weight excluding hydrogens is 322 g/mol. The van der Waals surface area contributed by atoms with Gasteiger partial charge in [-0.1, -0.05) is 0 Å². The van der Waals surface area contributed by atoms with E-state index in [9.17, 15) is 4.79 Å². The van der Waals surface area contributed by atoms with Crippen molar-refractivity contribution < 1.29 is 4.79 Å². The van der Waals surface area contributed by atoms with Gasteiger partial charge in [-0.25, -0.2) is 0 Å². The van der Waals surface area contributed by atoms with Crippen molar-refractivity contribution in [1.29, 1.82) is 5.26 Å². The first kappa shape index (κ1) is 14.0. The number of amides is 1. The molecule has 0 spiro atoms. The van der Waals surface area contributed by atoms with Crippen LogP contribution in [0.1, 0.15) is 16.1 Å². The van der Waals surface area contributed by atoms with Gasteiger partial charge in [-0.3, -0.25) is 4.79 Å². The Bertz CT molecular complexity index is 678. The Morgan fingerprint density at radius 1 is 1.30 bits per heavy atom. The lowest BCUT2D eigenvalue weighted by molar-refractivity contribution is 0.102. The van der Waals surface area contributed by atoms with Crippen LogP contribution in [0.5, 0.6) is 0 Å². The topological polar surface area (TPSA) is 90.7 Å². The largest absolute Gasteiger partial charge is 0.372 e. The number of aromatic nitrogens is 2. The summed E-state index contributed by atoms with van der Waals surface area (Å²) in [5.41, 5.74) is 1.28. The highest BCUT2D eigenvalue weighted by Gasteiger charge is 2.10. The smallest absolute Gasteiger partial charge is 0.276 e. The van der Waals surface area contributed by atoms with Crippen LogP contribution in [0.4, 0.5) is 11.5 Å². The van der Waals surface area contributed by atoms with Gasteiger partial charge >= 0.3 is 0 Å². The van der Waals surface area contributed by atoms with Gasteiger partial charge in [-0.2, -0.15) is 5.26 Å². The van der Waals surface area contributed by atoms with E-state index < -0.39 is 0 Å². The van der Waals surface area contributed by atoms with Crippen LogP contribution in [0, 0.1) is 11.3 Å². The number of hydrogen-bond donors (Lipinski definition) is 2. The monoisotopic (exact) mass is 331 g/mol. The van der Waals surface area contributed by atoms with Crippen LogP contribution in [0.15, 0.2) is 34.8 Å². The third-order valence-corrected chi connectivity index (χ3v) is 3.16. The number of nitrogens with one attached hydrogen (secondary N) is 2. The van der Waals surface area contributed by atoms with Crippen molar-refractivity contribution in [2.24, 2.45) is 0 Å². The van der Waals surface area contributed by atoms with Gasteiger partial charge in [0, 0.05) is 11.5 Å². The number of carbonyl (C=O) groups excluding carboxylic acids is 1. The lowest BCUT2D eigenvalue weighted by Crippen LogP contribution is -2.15. The van der Waals surface area contributed by atoms with Crippen molar-refractivity contribution in [2.75, 3.05) is 17.7 Å². The number of nitrogens with zero attached hydrogens (tertiary/aromatic N) is 3. The van der Waals surface area contributed by atoms with E-state index in [0.29, 0.717) is 21.5 Å². The number of benzene rings is 1. The summed E-state index contributed by atoms with van der Waals surface area (Å²) < 4.78 is 0.629. The highest BCUT2D eigenvalue weighted by Crippen LogP contribution is 2.23. The van der Waals surface area contributed by atoms with Gasteiger partial charge < -0.3 is 10.6 Å². The maximum absolute atomic E-state index is 12.0. The third kappa shape index (κ3) is 3.10.